The van der Waals surface area contributed by atoms with Crippen molar-refractivity contribution in [1.29, 1.82) is 0 Å². The molecule has 1 aromatic heterocycles. The fourth-order valence-electron chi connectivity index (χ4n) is 2.37. The number of aromatic nitrogens is 1. The Hall–Kier alpha value is -1.50. The second-order valence-electron chi connectivity index (χ2n) is 4.77. The largest absolute Gasteiger partial charge is 0.379 e. The van der Waals surface area contributed by atoms with Gasteiger partial charge in [-0.15, -0.1) is 0 Å². The number of rotatable bonds is 3. The van der Waals surface area contributed by atoms with Gasteiger partial charge in [-0.05, 0) is 12.1 Å². The summed E-state index contributed by atoms with van der Waals surface area (Å²) in [5, 5.41) is 0.624. The Labute approximate surface area is 120 Å². The topological polar surface area (TPSA) is 51.5 Å². The predicted octanol–water partition coefficient (Wildman–Crippen LogP) is 0.755. The average Bonchev–Trinajstić information content (AvgIpc) is 2.48. The number of benzene rings is 1. The van der Waals surface area contributed by atoms with Gasteiger partial charge in [0.2, 0.25) is 0 Å². The number of fused-ring (bicyclic) bond motifs is 1. The van der Waals surface area contributed by atoms with Crippen LogP contribution in [0.25, 0.3) is 10.1 Å². The normalized spacial score (nSPS) is 16.6. The molecule has 0 amide bonds. The van der Waals surface area contributed by atoms with Crippen molar-refractivity contribution >= 4 is 21.4 Å². The monoisotopic (exact) mass is 292 g/mol. The molecule has 0 N–H and O–H groups in total. The summed E-state index contributed by atoms with van der Waals surface area (Å²) in [6, 6.07) is 7.26. The zero-order valence-electron chi connectivity index (χ0n) is 11.1. The lowest BCUT2D eigenvalue weighted by molar-refractivity contribution is 0.0362. The molecular weight excluding hydrogens is 276 g/mol. The highest BCUT2D eigenvalue weighted by Gasteiger charge is 2.12. The molecule has 1 saturated heterocycles. The van der Waals surface area contributed by atoms with Crippen LogP contribution in [0.4, 0.5) is 0 Å². The molecule has 1 aliphatic heterocycles. The Morgan fingerprint density at radius 2 is 1.85 bits per heavy atom. The molecular formula is C14H16N2O3S. The molecule has 1 fully saturated rings. The van der Waals surface area contributed by atoms with Gasteiger partial charge in [0.15, 0.2) is 0 Å². The lowest BCUT2D eigenvalue weighted by Crippen LogP contribution is -2.41. The Morgan fingerprint density at radius 1 is 1.10 bits per heavy atom. The lowest BCUT2D eigenvalue weighted by atomic mass is 10.3. The standard InChI is InChI=1S/C14H16N2O3S/c17-13-11-3-1-2-4-12(11)20-14(18)16(13)6-5-15-7-9-19-10-8-15/h1-4H,5-10H2. The number of hydrogen-bond donors (Lipinski definition) is 0. The van der Waals surface area contributed by atoms with E-state index in [0.29, 0.717) is 18.5 Å². The van der Waals surface area contributed by atoms with E-state index in [1.807, 2.05) is 18.2 Å². The summed E-state index contributed by atoms with van der Waals surface area (Å²) in [6.45, 7) is 4.32. The Morgan fingerprint density at radius 3 is 2.65 bits per heavy atom. The number of ether oxygens (including phenoxy) is 1. The molecule has 20 heavy (non-hydrogen) atoms. The first-order chi connectivity index (χ1) is 9.75. The van der Waals surface area contributed by atoms with Gasteiger partial charge >= 0.3 is 4.87 Å². The van der Waals surface area contributed by atoms with Crippen molar-refractivity contribution < 1.29 is 4.74 Å². The molecule has 2 heterocycles. The Bertz CT molecular complexity index is 716. The van der Waals surface area contributed by atoms with Crippen LogP contribution in [-0.4, -0.2) is 42.3 Å². The smallest absolute Gasteiger partial charge is 0.310 e. The lowest BCUT2D eigenvalue weighted by Gasteiger charge is -2.26. The fraction of sp³-hybridized carbons (Fsp3) is 0.429. The molecule has 0 aliphatic carbocycles. The summed E-state index contributed by atoms with van der Waals surface area (Å²) < 4.78 is 7.39. The molecule has 0 saturated carbocycles. The Balaban J connectivity index is 1.87. The molecule has 1 aliphatic rings. The molecule has 0 bridgehead atoms. The molecule has 0 spiro atoms. The summed E-state index contributed by atoms with van der Waals surface area (Å²) in [4.78, 5) is 26.5. The third-order valence-electron chi connectivity index (χ3n) is 3.52. The van der Waals surface area contributed by atoms with Crippen LogP contribution in [0.5, 0.6) is 0 Å². The second-order valence-corrected chi connectivity index (χ2v) is 5.77. The van der Waals surface area contributed by atoms with Crippen LogP contribution < -0.4 is 10.4 Å². The van der Waals surface area contributed by atoms with Crippen molar-refractivity contribution in [1.82, 2.24) is 9.47 Å². The van der Waals surface area contributed by atoms with Gasteiger partial charge in [0.25, 0.3) is 5.56 Å². The molecule has 5 nitrogen and oxygen atoms in total. The van der Waals surface area contributed by atoms with Crippen molar-refractivity contribution in [3.05, 3.63) is 44.3 Å². The second kappa shape index (κ2) is 5.87. The van der Waals surface area contributed by atoms with Gasteiger partial charge in [0, 0.05) is 30.9 Å². The van der Waals surface area contributed by atoms with E-state index in [1.165, 1.54) is 4.57 Å². The maximum atomic E-state index is 12.3. The minimum Gasteiger partial charge on any atom is -0.379 e. The highest BCUT2D eigenvalue weighted by Crippen LogP contribution is 2.10. The number of morpholine rings is 1. The van der Waals surface area contributed by atoms with Gasteiger partial charge in [-0.3, -0.25) is 19.1 Å². The molecule has 0 radical (unpaired) electrons. The van der Waals surface area contributed by atoms with E-state index >= 15 is 0 Å². The predicted molar refractivity (Wildman–Crippen MR) is 79.6 cm³/mol. The zero-order valence-corrected chi connectivity index (χ0v) is 11.9. The van der Waals surface area contributed by atoms with Gasteiger partial charge in [0.05, 0.1) is 18.6 Å². The van der Waals surface area contributed by atoms with Crippen LogP contribution in [-0.2, 0) is 11.3 Å². The van der Waals surface area contributed by atoms with E-state index in [1.54, 1.807) is 6.07 Å². The van der Waals surface area contributed by atoms with Crippen LogP contribution in [0.1, 0.15) is 0 Å². The highest BCUT2D eigenvalue weighted by molar-refractivity contribution is 7.16. The minimum absolute atomic E-state index is 0.179. The third kappa shape index (κ3) is 2.67. The maximum absolute atomic E-state index is 12.3. The van der Waals surface area contributed by atoms with Crippen LogP contribution in [0, 0.1) is 0 Å². The summed E-state index contributed by atoms with van der Waals surface area (Å²) in [5.74, 6) is 0. The molecule has 3 rings (SSSR count). The van der Waals surface area contributed by atoms with Crippen LogP contribution in [0.15, 0.2) is 33.9 Å². The molecule has 106 valence electrons. The van der Waals surface area contributed by atoms with Crippen LogP contribution in [0.3, 0.4) is 0 Å². The van der Waals surface area contributed by atoms with Gasteiger partial charge in [0.1, 0.15) is 0 Å². The first kappa shape index (κ1) is 13.5. The maximum Gasteiger partial charge on any atom is 0.310 e. The number of nitrogens with zero attached hydrogens (tertiary/aromatic N) is 2. The van der Waals surface area contributed by atoms with Gasteiger partial charge in [-0.1, -0.05) is 23.5 Å². The quantitative estimate of drug-likeness (QED) is 0.838. The molecule has 0 atom stereocenters. The summed E-state index contributed by atoms with van der Waals surface area (Å²) >= 11 is 1.13. The SMILES string of the molecule is O=c1sc2ccccc2c(=O)n1CCN1CCOCC1. The zero-order chi connectivity index (χ0) is 13.9. The third-order valence-corrected chi connectivity index (χ3v) is 4.49. The fourth-order valence-corrected chi connectivity index (χ4v) is 3.25. The van der Waals surface area contributed by atoms with Gasteiger partial charge < -0.3 is 4.74 Å². The van der Waals surface area contributed by atoms with E-state index in [9.17, 15) is 9.59 Å². The molecule has 2 aromatic rings. The average molecular weight is 292 g/mol. The van der Waals surface area contributed by atoms with Crippen molar-refractivity contribution in [2.75, 3.05) is 32.8 Å². The summed E-state index contributed by atoms with van der Waals surface area (Å²) in [7, 11) is 0. The highest BCUT2D eigenvalue weighted by atomic mass is 32.1. The summed E-state index contributed by atoms with van der Waals surface area (Å²) in [5.41, 5.74) is -0.183. The summed E-state index contributed by atoms with van der Waals surface area (Å²) in [6.07, 6.45) is 0. The first-order valence-electron chi connectivity index (χ1n) is 6.68. The van der Waals surface area contributed by atoms with Crippen molar-refractivity contribution in [2.45, 2.75) is 6.54 Å². The van der Waals surface area contributed by atoms with E-state index in [2.05, 4.69) is 4.90 Å². The Kier molecular flexibility index (Phi) is 3.95. The van der Waals surface area contributed by atoms with Gasteiger partial charge in [-0.25, -0.2) is 0 Å². The van der Waals surface area contributed by atoms with E-state index in [-0.39, 0.29) is 10.4 Å². The van der Waals surface area contributed by atoms with E-state index in [4.69, 9.17) is 4.74 Å². The van der Waals surface area contributed by atoms with Crippen molar-refractivity contribution in [3.8, 4) is 0 Å². The number of hydrogen-bond acceptors (Lipinski definition) is 5. The molecule has 0 unspecified atom stereocenters. The molecule has 6 heteroatoms. The van der Waals surface area contributed by atoms with Gasteiger partial charge in [-0.2, -0.15) is 0 Å². The van der Waals surface area contributed by atoms with Crippen LogP contribution >= 0.6 is 11.3 Å². The first-order valence-corrected chi connectivity index (χ1v) is 7.50. The minimum atomic E-state index is -0.183. The van der Waals surface area contributed by atoms with Crippen molar-refractivity contribution in [3.63, 3.8) is 0 Å². The van der Waals surface area contributed by atoms with Crippen molar-refractivity contribution in [2.24, 2.45) is 0 Å². The van der Waals surface area contributed by atoms with E-state index in [0.717, 1.165) is 42.3 Å². The van der Waals surface area contributed by atoms with Crippen LogP contribution in [0.2, 0.25) is 0 Å². The molecule has 1 aromatic carbocycles. The van der Waals surface area contributed by atoms with E-state index < -0.39 is 0 Å².